The molecule has 0 aliphatic heterocycles. The first kappa shape index (κ1) is 14.9. The molecule has 0 fully saturated rings. The van der Waals surface area contributed by atoms with Crippen LogP contribution >= 0.6 is 34.8 Å². The molecule has 0 saturated heterocycles. The van der Waals surface area contributed by atoms with Crippen LogP contribution in [0, 0.1) is 10.1 Å². The van der Waals surface area contributed by atoms with Crippen LogP contribution in [-0.4, -0.2) is 4.92 Å². The molecule has 0 saturated carbocycles. The number of nitro benzene ring substituents is 1. The third kappa shape index (κ3) is 3.54. The predicted molar refractivity (Wildman–Crippen MR) is 78.9 cm³/mol. The first-order valence-corrected chi connectivity index (χ1v) is 6.61. The highest BCUT2D eigenvalue weighted by Crippen LogP contribution is 2.30. The lowest BCUT2D eigenvalue weighted by atomic mass is 10.2. The highest BCUT2D eigenvalue weighted by atomic mass is 35.5. The number of nitro groups is 1. The Bertz CT molecular complexity index is 661. The molecule has 0 atom stereocenters. The number of nitrogens with zero attached hydrogens (tertiary/aromatic N) is 1. The van der Waals surface area contributed by atoms with Crippen LogP contribution in [0.1, 0.15) is 5.56 Å². The summed E-state index contributed by atoms with van der Waals surface area (Å²) in [6, 6.07) is 9.03. The van der Waals surface area contributed by atoms with E-state index in [4.69, 9.17) is 39.5 Å². The van der Waals surface area contributed by atoms with Crippen LogP contribution < -0.4 is 4.74 Å². The molecule has 2 aromatic rings. The van der Waals surface area contributed by atoms with Gasteiger partial charge in [0, 0.05) is 22.2 Å². The Labute approximate surface area is 130 Å². The lowest BCUT2D eigenvalue weighted by Gasteiger charge is -2.09. The minimum atomic E-state index is -0.491. The molecule has 0 spiro atoms. The first-order chi connectivity index (χ1) is 9.47. The minimum absolute atomic E-state index is 0.0308. The molecule has 0 bridgehead atoms. The minimum Gasteiger partial charge on any atom is -0.487 e. The van der Waals surface area contributed by atoms with Crippen molar-refractivity contribution in [1.29, 1.82) is 0 Å². The summed E-state index contributed by atoms with van der Waals surface area (Å²) in [6.45, 7) is -0.0308. The van der Waals surface area contributed by atoms with Crippen LogP contribution in [0.3, 0.4) is 0 Å². The van der Waals surface area contributed by atoms with Crippen molar-refractivity contribution < 1.29 is 9.66 Å². The van der Waals surface area contributed by atoms with Crippen molar-refractivity contribution in [3.05, 3.63) is 67.1 Å². The number of hydrogen-bond donors (Lipinski definition) is 0. The van der Waals surface area contributed by atoms with Gasteiger partial charge in [-0.2, -0.15) is 0 Å². The molecule has 0 aliphatic carbocycles. The number of halogens is 3. The van der Waals surface area contributed by atoms with Gasteiger partial charge in [-0.1, -0.05) is 34.8 Å². The monoisotopic (exact) mass is 331 g/mol. The maximum absolute atomic E-state index is 10.9. The van der Waals surface area contributed by atoms with E-state index in [2.05, 4.69) is 0 Å². The number of hydrogen-bond acceptors (Lipinski definition) is 3. The standard InChI is InChI=1S/C13H8Cl3NO3/c14-9-2-4-12(17(18)19)8(5-9)7-20-13-6-10(15)1-3-11(13)16/h1-6H,7H2. The van der Waals surface area contributed by atoms with Crippen molar-refractivity contribution in [1.82, 2.24) is 0 Å². The number of benzene rings is 2. The third-order valence-corrected chi connectivity index (χ3v) is 3.30. The van der Waals surface area contributed by atoms with Gasteiger partial charge >= 0.3 is 0 Å². The van der Waals surface area contributed by atoms with Crippen LogP contribution in [0.2, 0.25) is 15.1 Å². The molecular weight excluding hydrogens is 325 g/mol. The molecule has 0 unspecified atom stereocenters. The van der Waals surface area contributed by atoms with E-state index in [1.54, 1.807) is 18.2 Å². The summed E-state index contributed by atoms with van der Waals surface area (Å²) < 4.78 is 5.47. The van der Waals surface area contributed by atoms with Crippen molar-refractivity contribution in [2.75, 3.05) is 0 Å². The highest BCUT2D eigenvalue weighted by Gasteiger charge is 2.15. The van der Waals surface area contributed by atoms with Crippen LogP contribution in [-0.2, 0) is 6.61 Å². The second-order valence-corrected chi connectivity index (χ2v) is 5.17. The second-order valence-electron chi connectivity index (χ2n) is 3.89. The number of rotatable bonds is 4. The van der Waals surface area contributed by atoms with E-state index in [9.17, 15) is 10.1 Å². The summed E-state index contributed by atoms with van der Waals surface area (Å²) in [5, 5.41) is 12.2. The van der Waals surface area contributed by atoms with E-state index in [1.807, 2.05) is 0 Å². The Balaban J connectivity index is 2.24. The number of ether oxygens (including phenoxy) is 1. The van der Waals surface area contributed by atoms with Crippen molar-refractivity contribution in [2.45, 2.75) is 6.61 Å². The van der Waals surface area contributed by atoms with Crippen molar-refractivity contribution in [2.24, 2.45) is 0 Å². The Hall–Kier alpha value is -1.49. The van der Waals surface area contributed by atoms with Gasteiger partial charge in [-0.3, -0.25) is 10.1 Å². The van der Waals surface area contributed by atoms with Gasteiger partial charge in [0.15, 0.2) is 0 Å². The van der Waals surface area contributed by atoms with E-state index in [0.717, 1.165) is 0 Å². The molecular formula is C13H8Cl3NO3. The summed E-state index contributed by atoms with van der Waals surface area (Å²) in [6.07, 6.45) is 0. The van der Waals surface area contributed by atoms with Gasteiger partial charge in [-0.15, -0.1) is 0 Å². The molecule has 0 aliphatic rings. The second kappa shape index (κ2) is 6.31. The van der Waals surface area contributed by atoms with E-state index >= 15 is 0 Å². The van der Waals surface area contributed by atoms with Crippen LogP contribution in [0.25, 0.3) is 0 Å². The smallest absolute Gasteiger partial charge is 0.276 e. The summed E-state index contributed by atoms with van der Waals surface area (Å²) in [5.74, 6) is 0.355. The zero-order chi connectivity index (χ0) is 14.7. The van der Waals surface area contributed by atoms with Crippen LogP contribution in [0.5, 0.6) is 5.75 Å². The molecule has 7 heteroatoms. The van der Waals surface area contributed by atoms with Crippen molar-refractivity contribution in [3.63, 3.8) is 0 Å². The molecule has 0 amide bonds. The molecule has 4 nitrogen and oxygen atoms in total. The van der Waals surface area contributed by atoms with E-state index in [1.165, 1.54) is 18.2 Å². The Kier molecular flexibility index (Phi) is 4.70. The molecule has 104 valence electrons. The van der Waals surface area contributed by atoms with E-state index < -0.39 is 4.92 Å². The van der Waals surface area contributed by atoms with Gasteiger partial charge in [0.25, 0.3) is 5.69 Å². The average Bonchev–Trinajstić information content (AvgIpc) is 2.39. The lowest BCUT2D eigenvalue weighted by molar-refractivity contribution is -0.385. The maximum Gasteiger partial charge on any atom is 0.276 e. The molecule has 2 rings (SSSR count). The fraction of sp³-hybridized carbons (Fsp3) is 0.0769. The first-order valence-electron chi connectivity index (χ1n) is 5.48. The highest BCUT2D eigenvalue weighted by molar-refractivity contribution is 6.34. The molecule has 0 heterocycles. The predicted octanol–water partition coefficient (Wildman–Crippen LogP) is 5.13. The summed E-state index contributed by atoms with van der Waals surface area (Å²) in [5.41, 5.74) is 0.297. The average molecular weight is 333 g/mol. The third-order valence-electron chi connectivity index (χ3n) is 2.51. The Morgan fingerprint density at radius 3 is 2.40 bits per heavy atom. The quantitative estimate of drug-likeness (QED) is 0.576. The SMILES string of the molecule is O=[N+]([O-])c1ccc(Cl)cc1COc1cc(Cl)ccc1Cl. The van der Waals surface area contributed by atoms with E-state index in [0.29, 0.717) is 26.4 Å². The summed E-state index contributed by atoms with van der Waals surface area (Å²) >= 11 is 17.6. The Morgan fingerprint density at radius 2 is 1.70 bits per heavy atom. The maximum atomic E-state index is 10.9. The van der Waals surface area contributed by atoms with Crippen molar-refractivity contribution in [3.8, 4) is 5.75 Å². The van der Waals surface area contributed by atoms with Gasteiger partial charge in [0.2, 0.25) is 0 Å². The molecule has 0 aromatic heterocycles. The Morgan fingerprint density at radius 1 is 1.05 bits per heavy atom. The van der Waals surface area contributed by atoms with Crippen LogP contribution in [0.15, 0.2) is 36.4 Å². The largest absolute Gasteiger partial charge is 0.487 e. The molecule has 0 radical (unpaired) electrons. The van der Waals surface area contributed by atoms with Crippen molar-refractivity contribution >= 4 is 40.5 Å². The van der Waals surface area contributed by atoms with Gasteiger partial charge in [0.1, 0.15) is 12.4 Å². The van der Waals surface area contributed by atoms with Gasteiger partial charge < -0.3 is 4.74 Å². The summed E-state index contributed by atoms with van der Waals surface area (Å²) in [7, 11) is 0. The normalized spacial score (nSPS) is 10.3. The fourth-order valence-corrected chi connectivity index (χ4v) is 2.12. The zero-order valence-electron chi connectivity index (χ0n) is 9.98. The fourth-order valence-electron chi connectivity index (χ4n) is 1.59. The summed E-state index contributed by atoms with van der Waals surface area (Å²) in [4.78, 5) is 10.4. The molecule has 2 aromatic carbocycles. The van der Waals surface area contributed by atoms with Gasteiger partial charge in [-0.25, -0.2) is 0 Å². The van der Waals surface area contributed by atoms with Gasteiger partial charge in [0.05, 0.1) is 15.5 Å². The van der Waals surface area contributed by atoms with Gasteiger partial charge in [-0.05, 0) is 24.3 Å². The van der Waals surface area contributed by atoms with Crippen LogP contribution in [0.4, 0.5) is 5.69 Å². The molecule has 0 N–H and O–H groups in total. The topological polar surface area (TPSA) is 52.4 Å². The lowest BCUT2D eigenvalue weighted by Crippen LogP contribution is -2.01. The molecule has 20 heavy (non-hydrogen) atoms. The van der Waals surface area contributed by atoms with E-state index in [-0.39, 0.29) is 12.3 Å². The zero-order valence-corrected chi connectivity index (χ0v) is 12.2.